The van der Waals surface area contributed by atoms with Crippen LogP contribution in [0, 0.1) is 5.82 Å². The quantitative estimate of drug-likeness (QED) is 0.653. The number of carbonyl (C=O) groups excluding carboxylic acids is 1. The highest BCUT2D eigenvalue weighted by Crippen LogP contribution is 2.32. The Bertz CT molecular complexity index is 1150. The first kappa shape index (κ1) is 21.4. The van der Waals surface area contributed by atoms with Gasteiger partial charge in [-0.3, -0.25) is 4.79 Å². The molecule has 0 spiro atoms. The van der Waals surface area contributed by atoms with Crippen LogP contribution >= 0.6 is 0 Å². The Kier molecular flexibility index (Phi) is 5.78. The van der Waals surface area contributed by atoms with Crippen molar-refractivity contribution in [1.29, 1.82) is 0 Å². The second-order valence-corrected chi connectivity index (χ2v) is 9.18. The molecule has 0 aliphatic carbocycles. The molecule has 3 N–H and O–H groups in total. The van der Waals surface area contributed by atoms with Gasteiger partial charge in [-0.05, 0) is 49.2 Å². The number of amides is 1. The van der Waals surface area contributed by atoms with Crippen molar-refractivity contribution in [3.05, 3.63) is 59.4 Å². The molecule has 1 fully saturated rings. The number of halogens is 1. The number of nitrogens with one attached hydrogen (secondary N) is 3. The van der Waals surface area contributed by atoms with Gasteiger partial charge >= 0.3 is 0 Å². The van der Waals surface area contributed by atoms with Crippen LogP contribution in [0.15, 0.2) is 51.8 Å². The minimum atomic E-state index is -3.87. The fourth-order valence-electron chi connectivity index (χ4n) is 3.87. The van der Waals surface area contributed by atoms with E-state index < -0.39 is 22.1 Å². The highest BCUT2D eigenvalue weighted by Gasteiger charge is 2.31. The standard InChI is InChI=1S/C21H24FN5O3S/c1-3-9-27-13(2)26-31(29,30)19-11-15(7-8-18(19)27)21(28)23-20-12-17(24-25-20)14-5-4-6-16(22)10-14/h4-8,10-11,17,20,24-25H,3,9,12H2,1-2H3,(H,23,28). The number of anilines is 1. The predicted molar refractivity (Wildman–Crippen MR) is 116 cm³/mol. The molecule has 0 bridgehead atoms. The average molecular weight is 446 g/mol. The number of carbonyl (C=O) groups is 1. The van der Waals surface area contributed by atoms with Crippen LogP contribution in [0.3, 0.4) is 0 Å². The van der Waals surface area contributed by atoms with E-state index in [1.807, 2.05) is 17.9 Å². The molecule has 0 radical (unpaired) electrons. The third-order valence-corrected chi connectivity index (χ3v) is 6.73. The minimum absolute atomic E-state index is 0.0225. The van der Waals surface area contributed by atoms with Gasteiger partial charge in [-0.25, -0.2) is 15.2 Å². The lowest BCUT2D eigenvalue weighted by Gasteiger charge is -2.29. The molecular formula is C21H24FN5O3S. The molecule has 1 saturated heterocycles. The summed E-state index contributed by atoms with van der Waals surface area (Å²) < 4.78 is 42.5. The molecule has 164 valence electrons. The number of hydrazine groups is 1. The van der Waals surface area contributed by atoms with Crippen LogP contribution in [0.4, 0.5) is 10.1 Å². The third kappa shape index (κ3) is 4.32. The van der Waals surface area contributed by atoms with E-state index in [2.05, 4.69) is 20.6 Å². The summed E-state index contributed by atoms with van der Waals surface area (Å²) in [5.74, 6) is -0.321. The van der Waals surface area contributed by atoms with Gasteiger partial charge in [-0.15, -0.1) is 4.40 Å². The van der Waals surface area contributed by atoms with Crippen molar-refractivity contribution in [2.75, 3.05) is 11.4 Å². The van der Waals surface area contributed by atoms with Crippen LogP contribution in [0.2, 0.25) is 0 Å². The molecular weight excluding hydrogens is 421 g/mol. The summed E-state index contributed by atoms with van der Waals surface area (Å²) >= 11 is 0. The summed E-state index contributed by atoms with van der Waals surface area (Å²) in [5, 5.41) is 2.84. The molecule has 0 aromatic heterocycles. The van der Waals surface area contributed by atoms with Gasteiger partial charge in [0, 0.05) is 24.6 Å². The van der Waals surface area contributed by atoms with Crippen molar-refractivity contribution in [2.45, 2.75) is 43.8 Å². The van der Waals surface area contributed by atoms with Crippen molar-refractivity contribution in [1.82, 2.24) is 16.2 Å². The van der Waals surface area contributed by atoms with E-state index in [-0.39, 0.29) is 22.3 Å². The summed E-state index contributed by atoms with van der Waals surface area (Å²) in [6, 6.07) is 10.7. The zero-order valence-electron chi connectivity index (χ0n) is 17.2. The molecule has 2 aromatic rings. The Balaban J connectivity index is 1.51. The molecule has 10 heteroatoms. The van der Waals surface area contributed by atoms with Crippen molar-refractivity contribution >= 4 is 27.5 Å². The molecule has 2 aliphatic heterocycles. The molecule has 2 heterocycles. The third-order valence-electron chi connectivity index (χ3n) is 5.34. The normalized spacial score (nSPS) is 22.0. The lowest BCUT2D eigenvalue weighted by Crippen LogP contribution is -2.44. The van der Waals surface area contributed by atoms with Gasteiger partial charge in [-0.1, -0.05) is 19.1 Å². The number of hydrogen-bond donors (Lipinski definition) is 3. The maximum absolute atomic E-state index is 13.5. The summed E-state index contributed by atoms with van der Waals surface area (Å²) in [5.41, 5.74) is 7.55. The highest BCUT2D eigenvalue weighted by atomic mass is 32.2. The van der Waals surface area contributed by atoms with E-state index in [9.17, 15) is 17.6 Å². The second kappa shape index (κ2) is 8.37. The van der Waals surface area contributed by atoms with E-state index in [0.717, 1.165) is 12.0 Å². The molecule has 2 unspecified atom stereocenters. The Morgan fingerprint density at radius 2 is 2.06 bits per heavy atom. The predicted octanol–water partition coefficient (Wildman–Crippen LogP) is 2.46. The van der Waals surface area contributed by atoms with E-state index >= 15 is 0 Å². The zero-order valence-corrected chi connectivity index (χ0v) is 18.0. The highest BCUT2D eigenvalue weighted by molar-refractivity contribution is 7.90. The first-order valence-electron chi connectivity index (χ1n) is 10.1. The molecule has 1 amide bonds. The van der Waals surface area contributed by atoms with E-state index in [1.165, 1.54) is 18.2 Å². The molecule has 2 aliphatic rings. The van der Waals surface area contributed by atoms with Crippen LogP contribution in [0.1, 0.15) is 48.7 Å². The first-order valence-corrected chi connectivity index (χ1v) is 11.5. The average Bonchev–Trinajstić information content (AvgIpc) is 3.19. The number of benzene rings is 2. The van der Waals surface area contributed by atoms with Crippen molar-refractivity contribution < 1.29 is 17.6 Å². The smallest absolute Gasteiger partial charge is 0.286 e. The van der Waals surface area contributed by atoms with Gasteiger partial charge in [-0.2, -0.15) is 8.42 Å². The van der Waals surface area contributed by atoms with Crippen LogP contribution in [0.25, 0.3) is 0 Å². The summed E-state index contributed by atoms with van der Waals surface area (Å²) in [6.07, 6.45) is 0.929. The van der Waals surface area contributed by atoms with Gasteiger partial charge in [0.2, 0.25) is 0 Å². The van der Waals surface area contributed by atoms with Gasteiger partial charge in [0.15, 0.2) is 0 Å². The van der Waals surface area contributed by atoms with E-state index in [0.29, 0.717) is 24.5 Å². The fraction of sp³-hybridized carbons (Fsp3) is 0.333. The minimum Gasteiger partial charge on any atom is -0.335 e. The van der Waals surface area contributed by atoms with Gasteiger partial charge in [0.05, 0.1) is 11.9 Å². The van der Waals surface area contributed by atoms with E-state index in [4.69, 9.17) is 0 Å². The summed E-state index contributed by atoms with van der Waals surface area (Å²) in [4.78, 5) is 14.6. The number of hydrogen-bond acceptors (Lipinski definition) is 6. The second-order valence-electron chi connectivity index (χ2n) is 7.61. The van der Waals surface area contributed by atoms with Crippen molar-refractivity contribution in [2.24, 2.45) is 4.40 Å². The molecule has 2 atom stereocenters. The van der Waals surface area contributed by atoms with Crippen LogP contribution in [-0.4, -0.2) is 32.9 Å². The Morgan fingerprint density at radius 1 is 1.26 bits per heavy atom. The zero-order chi connectivity index (χ0) is 22.2. The lowest BCUT2D eigenvalue weighted by molar-refractivity contribution is 0.0932. The van der Waals surface area contributed by atoms with Gasteiger partial charge in [0.25, 0.3) is 15.9 Å². The van der Waals surface area contributed by atoms with Crippen LogP contribution < -0.4 is 21.1 Å². The van der Waals surface area contributed by atoms with Crippen LogP contribution in [-0.2, 0) is 10.0 Å². The molecule has 31 heavy (non-hydrogen) atoms. The summed E-state index contributed by atoms with van der Waals surface area (Å²) in [7, 11) is -3.87. The number of fused-ring (bicyclic) bond motifs is 1. The Labute approximate surface area is 180 Å². The Hall–Kier alpha value is -2.82. The molecule has 8 nitrogen and oxygen atoms in total. The molecule has 2 aromatic carbocycles. The maximum atomic E-state index is 13.5. The van der Waals surface area contributed by atoms with Crippen LogP contribution in [0.5, 0.6) is 0 Å². The molecule has 4 rings (SSSR count). The molecule has 0 saturated carbocycles. The first-order chi connectivity index (χ1) is 14.8. The van der Waals surface area contributed by atoms with Crippen molar-refractivity contribution in [3.63, 3.8) is 0 Å². The number of amidine groups is 1. The van der Waals surface area contributed by atoms with Gasteiger partial charge < -0.3 is 10.2 Å². The number of nitrogens with zero attached hydrogens (tertiary/aromatic N) is 2. The van der Waals surface area contributed by atoms with E-state index in [1.54, 1.807) is 25.1 Å². The largest absolute Gasteiger partial charge is 0.335 e. The fourth-order valence-corrected chi connectivity index (χ4v) is 5.13. The number of rotatable bonds is 5. The summed E-state index contributed by atoms with van der Waals surface area (Å²) in [6.45, 7) is 4.28. The maximum Gasteiger partial charge on any atom is 0.286 e. The van der Waals surface area contributed by atoms with Crippen molar-refractivity contribution in [3.8, 4) is 0 Å². The topological polar surface area (TPSA) is 103 Å². The Morgan fingerprint density at radius 3 is 2.81 bits per heavy atom. The number of sulfonamides is 1. The lowest BCUT2D eigenvalue weighted by atomic mass is 10.0. The monoisotopic (exact) mass is 445 g/mol. The van der Waals surface area contributed by atoms with Gasteiger partial charge in [0.1, 0.15) is 16.5 Å². The SMILES string of the molecule is CCCN1C(C)=NS(=O)(=O)c2cc(C(=O)NC3CC(c4cccc(F)c4)NN3)ccc21.